The van der Waals surface area contributed by atoms with Crippen molar-refractivity contribution in [3.05, 3.63) is 86.4 Å². The van der Waals surface area contributed by atoms with Gasteiger partial charge in [-0.25, -0.2) is 0 Å². The maximum absolute atomic E-state index is 13.1. The fraction of sp³-hybridized carbons (Fsp3) is 0.182. The van der Waals surface area contributed by atoms with E-state index < -0.39 is 23.3 Å². The molecular weight excluding hydrogens is 406 g/mol. The zero-order valence-electron chi connectivity index (χ0n) is 16.3. The zero-order chi connectivity index (χ0) is 21.8. The molecule has 3 aromatic rings. The van der Waals surface area contributed by atoms with Crippen molar-refractivity contribution in [3.63, 3.8) is 0 Å². The van der Waals surface area contributed by atoms with Crippen LogP contribution in [-0.4, -0.2) is 26.5 Å². The Morgan fingerprint density at radius 1 is 1.33 bits per heavy atom. The lowest BCUT2D eigenvalue weighted by molar-refractivity contribution is 0.0813. The molecule has 8 heteroatoms. The molecule has 30 heavy (non-hydrogen) atoms. The summed E-state index contributed by atoms with van der Waals surface area (Å²) in [5.41, 5.74) is -0.324. The van der Waals surface area contributed by atoms with E-state index in [2.05, 4.69) is 4.98 Å². The van der Waals surface area contributed by atoms with E-state index in [0.717, 1.165) is 4.57 Å². The second kappa shape index (κ2) is 8.80. The number of nitrogens with zero attached hydrogens (tertiary/aromatic N) is 3. The Morgan fingerprint density at radius 2 is 2.07 bits per heavy atom. The van der Waals surface area contributed by atoms with Crippen molar-refractivity contribution in [2.24, 2.45) is 0 Å². The lowest BCUT2D eigenvalue weighted by Crippen LogP contribution is -2.31. The molecule has 152 valence electrons. The van der Waals surface area contributed by atoms with Crippen molar-refractivity contribution < 1.29 is 14.6 Å². The minimum atomic E-state index is -1.02. The van der Waals surface area contributed by atoms with Crippen LogP contribution in [0.15, 0.2) is 53.6 Å². The van der Waals surface area contributed by atoms with Gasteiger partial charge in [0.2, 0.25) is 11.7 Å². The van der Waals surface area contributed by atoms with Gasteiger partial charge in [0.25, 0.3) is 5.56 Å². The summed E-state index contributed by atoms with van der Waals surface area (Å²) < 4.78 is 6.64. The monoisotopic (exact) mass is 423 g/mol. The number of ether oxygens (including phenoxy) is 1. The van der Waals surface area contributed by atoms with E-state index in [-0.39, 0.29) is 23.2 Å². The van der Waals surface area contributed by atoms with Crippen LogP contribution in [0.2, 0.25) is 5.02 Å². The van der Waals surface area contributed by atoms with Crippen molar-refractivity contribution in [1.29, 1.82) is 5.26 Å². The first-order valence-electron chi connectivity index (χ1n) is 9.06. The van der Waals surface area contributed by atoms with Gasteiger partial charge < -0.3 is 9.84 Å². The van der Waals surface area contributed by atoms with Crippen LogP contribution in [0.1, 0.15) is 34.0 Å². The highest BCUT2D eigenvalue weighted by Gasteiger charge is 2.28. The largest absolute Gasteiger partial charge is 0.494 e. The number of aromatic nitrogens is 2. The number of aromatic hydroxyl groups is 1. The van der Waals surface area contributed by atoms with Crippen LogP contribution in [0.4, 0.5) is 0 Å². The molecule has 0 saturated heterocycles. The number of rotatable bonds is 6. The summed E-state index contributed by atoms with van der Waals surface area (Å²) >= 11 is 6.09. The van der Waals surface area contributed by atoms with Crippen LogP contribution >= 0.6 is 11.6 Å². The highest BCUT2D eigenvalue weighted by atomic mass is 35.5. The Kier molecular flexibility index (Phi) is 6.19. The van der Waals surface area contributed by atoms with Gasteiger partial charge in [-0.1, -0.05) is 29.8 Å². The molecule has 1 aromatic carbocycles. The van der Waals surface area contributed by atoms with Gasteiger partial charge in [0.15, 0.2) is 6.10 Å². The van der Waals surface area contributed by atoms with Gasteiger partial charge in [-0.3, -0.25) is 19.1 Å². The van der Waals surface area contributed by atoms with Crippen molar-refractivity contribution in [1.82, 2.24) is 9.55 Å². The van der Waals surface area contributed by atoms with E-state index >= 15 is 0 Å². The third kappa shape index (κ3) is 4.04. The van der Waals surface area contributed by atoms with Gasteiger partial charge in [-0.2, -0.15) is 5.26 Å². The van der Waals surface area contributed by atoms with Crippen molar-refractivity contribution >= 4 is 17.4 Å². The van der Waals surface area contributed by atoms with Gasteiger partial charge in [-0.15, -0.1) is 0 Å². The average molecular weight is 424 g/mol. The SMILES string of the molecule is Cc1c(C(=O)C(C)Oc2ccccc2Cl)c(O)n(Cc2cccnc2)c(=O)c1C#N. The van der Waals surface area contributed by atoms with Crippen molar-refractivity contribution in [2.75, 3.05) is 0 Å². The molecule has 2 heterocycles. The number of ketones is 1. The standard InChI is InChI=1S/C22H18ClN3O4/c1-13-16(10-24)21(28)26(12-15-6-5-9-25-11-15)22(29)19(13)20(27)14(2)30-18-8-4-3-7-17(18)23/h3-9,11,14,29H,12H2,1-2H3. The Bertz CT molecular complexity index is 1200. The molecule has 1 unspecified atom stereocenters. The second-order valence-corrected chi connectivity index (χ2v) is 7.02. The number of hydrogen-bond acceptors (Lipinski definition) is 6. The fourth-order valence-corrected chi connectivity index (χ4v) is 3.23. The highest BCUT2D eigenvalue weighted by Crippen LogP contribution is 2.28. The van der Waals surface area contributed by atoms with E-state index in [1.807, 2.05) is 6.07 Å². The van der Waals surface area contributed by atoms with E-state index in [0.29, 0.717) is 16.3 Å². The molecule has 1 N–H and O–H groups in total. The third-order valence-electron chi connectivity index (χ3n) is 4.62. The predicted molar refractivity (Wildman–Crippen MR) is 111 cm³/mol. The number of carbonyl (C=O) groups is 1. The number of carbonyl (C=O) groups excluding carboxylic acids is 1. The molecule has 3 rings (SSSR count). The van der Waals surface area contributed by atoms with Crippen LogP contribution in [0, 0.1) is 18.3 Å². The molecule has 0 amide bonds. The number of para-hydroxylation sites is 1. The number of nitriles is 1. The summed E-state index contributed by atoms with van der Waals surface area (Å²) in [7, 11) is 0. The molecule has 0 radical (unpaired) electrons. The van der Waals surface area contributed by atoms with Gasteiger partial charge in [0, 0.05) is 12.4 Å². The van der Waals surface area contributed by atoms with Crippen molar-refractivity contribution in [3.8, 4) is 17.7 Å². The molecule has 1 atom stereocenters. The topological polar surface area (TPSA) is 105 Å². The number of benzene rings is 1. The van der Waals surface area contributed by atoms with E-state index in [4.69, 9.17) is 16.3 Å². The van der Waals surface area contributed by atoms with E-state index in [1.165, 1.54) is 20.0 Å². The van der Waals surface area contributed by atoms with Crippen LogP contribution in [0.5, 0.6) is 11.6 Å². The fourth-order valence-electron chi connectivity index (χ4n) is 3.05. The van der Waals surface area contributed by atoms with Crippen LogP contribution < -0.4 is 10.3 Å². The first-order chi connectivity index (χ1) is 14.3. The number of halogens is 1. The lowest BCUT2D eigenvalue weighted by atomic mass is 9.99. The molecule has 2 aromatic heterocycles. The molecular formula is C22H18ClN3O4. The summed E-state index contributed by atoms with van der Waals surface area (Å²) in [6, 6.07) is 11.9. The summed E-state index contributed by atoms with van der Waals surface area (Å²) in [5.74, 6) is -0.803. The predicted octanol–water partition coefficient (Wildman–Crippen LogP) is 3.48. The minimum absolute atomic E-state index is 0.0481. The number of hydrogen-bond donors (Lipinski definition) is 1. The third-order valence-corrected chi connectivity index (χ3v) is 4.93. The molecule has 0 aliphatic rings. The van der Waals surface area contributed by atoms with Crippen LogP contribution in [0.25, 0.3) is 0 Å². The number of pyridine rings is 2. The Hall–Kier alpha value is -3.63. The Balaban J connectivity index is 2.06. The summed E-state index contributed by atoms with van der Waals surface area (Å²) in [4.78, 5) is 29.8. The molecule has 0 aliphatic heterocycles. The smallest absolute Gasteiger partial charge is 0.271 e. The zero-order valence-corrected chi connectivity index (χ0v) is 17.1. The normalized spacial score (nSPS) is 11.5. The minimum Gasteiger partial charge on any atom is -0.494 e. The maximum atomic E-state index is 13.1. The maximum Gasteiger partial charge on any atom is 0.271 e. The highest BCUT2D eigenvalue weighted by molar-refractivity contribution is 6.32. The Morgan fingerprint density at radius 3 is 2.70 bits per heavy atom. The van der Waals surface area contributed by atoms with Crippen molar-refractivity contribution in [2.45, 2.75) is 26.5 Å². The molecule has 0 fully saturated rings. The van der Waals surface area contributed by atoms with E-state index in [1.54, 1.807) is 42.6 Å². The molecule has 0 aliphatic carbocycles. The Labute approximate surface area is 177 Å². The summed E-state index contributed by atoms with van der Waals surface area (Å²) in [6.07, 6.45) is 2.08. The van der Waals surface area contributed by atoms with E-state index in [9.17, 15) is 20.0 Å². The molecule has 0 saturated carbocycles. The average Bonchev–Trinajstić information content (AvgIpc) is 2.74. The van der Waals surface area contributed by atoms with Gasteiger partial charge in [-0.05, 0) is 43.2 Å². The second-order valence-electron chi connectivity index (χ2n) is 6.62. The quantitative estimate of drug-likeness (QED) is 0.608. The van der Waals surface area contributed by atoms with Crippen LogP contribution in [0.3, 0.4) is 0 Å². The lowest BCUT2D eigenvalue weighted by Gasteiger charge is -2.19. The van der Waals surface area contributed by atoms with Gasteiger partial charge >= 0.3 is 0 Å². The van der Waals surface area contributed by atoms with Crippen LogP contribution in [-0.2, 0) is 6.54 Å². The first kappa shape index (κ1) is 21.1. The van der Waals surface area contributed by atoms with Gasteiger partial charge in [0.05, 0.1) is 17.1 Å². The first-order valence-corrected chi connectivity index (χ1v) is 9.43. The molecule has 0 bridgehead atoms. The number of Topliss-reactive ketones (excluding diaryl/α,β-unsaturated/α-hetero) is 1. The summed E-state index contributed by atoms with van der Waals surface area (Å²) in [5, 5.41) is 20.6. The summed E-state index contributed by atoms with van der Waals surface area (Å²) in [6.45, 7) is 2.91. The molecule has 0 spiro atoms. The molecule has 7 nitrogen and oxygen atoms in total. The van der Waals surface area contributed by atoms with Gasteiger partial charge in [0.1, 0.15) is 17.4 Å².